The van der Waals surface area contributed by atoms with Crippen LogP contribution in [0.4, 0.5) is 0 Å². The van der Waals surface area contributed by atoms with Crippen molar-refractivity contribution < 1.29 is 18.3 Å². The summed E-state index contributed by atoms with van der Waals surface area (Å²) in [5.41, 5.74) is 0.0522. The summed E-state index contributed by atoms with van der Waals surface area (Å²) in [6.45, 7) is 2.77. The third-order valence-corrected chi connectivity index (χ3v) is 4.85. The summed E-state index contributed by atoms with van der Waals surface area (Å²) in [5, 5.41) is 8.70. The van der Waals surface area contributed by atoms with Gasteiger partial charge in [0.2, 0.25) is 10.0 Å². The summed E-state index contributed by atoms with van der Waals surface area (Å²) in [6.07, 6.45) is 1.02. The molecule has 0 amide bonds. The van der Waals surface area contributed by atoms with E-state index < -0.39 is 15.6 Å². The SMILES string of the molecule is CC1(NS(=O)(=O)c2cccc(C#CCCO)c2)CCOC1. The summed E-state index contributed by atoms with van der Waals surface area (Å²) in [6, 6.07) is 6.47. The quantitative estimate of drug-likeness (QED) is 0.810. The molecule has 1 aliphatic rings. The lowest BCUT2D eigenvalue weighted by Crippen LogP contribution is -2.46. The van der Waals surface area contributed by atoms with Gasteiger partial charge < -0.3 is 9.84 Å². The van der Waals surface area contributed by atoms with Gasteiger partial charge in [0.1, 0.15) is 0 Å². The van der Waals surface area contributed by atoms with E-state index in [0.29, 0.717) is 31.6 Å². The van der Waals surface area contributed by atoms with Crippen LogP contribution < -0.4 is 4.72 Å². The van der Waals surface area contributed by atoms with Gasteiger partial charge in [-0.05, 0) is 31.5 Å². The number of nitrogens with one attached hydrogen (secondary N) is 1. The lowest BCUT2D eigenvalue weighted by Gasteiger charge is -2.23. The molecule has 1 unspecified atom stereocenters. The molecular formula is C15H19NO4S. The molecule has 1 aromatic rings. The van der Waals surface area contributed by atoms with Crippen LogP contribution in [0.5, 0.6) is 0 Å². The van der Waals surface area contributed by atoms with E-state index in [1.165, 1.54) is 6.07 Å². The average molecular weight is 309 g/mol. The Morgan fingerprint density at radius 1 is 1.48 bits per heavy atom. The molecule has 1 aliphatic heterocycles. The predicted molar refractivity (Wildman–Crippen MR) is 79.2 cm³/mol. The van der Waals surface area contributed by atoms with E-state index in [0.717, 1.165) is 0 Å². The standard InChI is InChI=1S/C15H19NO4S/c1-15(8-10-20-12-15)16-21(18,19)14-7-4-6-13(11-14)5-2-3-9-17/h4,6-7,11,16-17H,3,8-10,12H2,1H3. The molecule has 0 aliphatic carbocycles. The summed E-state index contributed by atoms with van der Waals surface area (Å²) >= 11 is 0. The highest BCUT2D eigenvalue weighted by Gasteiger charge is 2.34. The number of aliphatic hydroxyl groups is 1. The van der Waals surface area contributed by atoms with Crippen molar-refractivity contribution in [1.29, 1.82) is 0 Å². The van der Waals surface area contributed by atoms with Crippen molar-refractivity contribution in [2.75, 3.05) is 19.8 Å². The molecule has 6 heteroatoms. The fourth-order valence-corrected chi connectivity index (χ4v) is 3.56. The van der Waals surface area contributed by atoms with Gasteiger partial charge in [-0.1, -0.05) is 17.9 Å². The van der Waals surface area contributed by atoms with Crippen molar-refractivity contribution in [2.45, 2.75) is 30.2 Å². The highest BCUT2D eigenvalue weighted by atomic mass is 32.2. The smallest absolute Gasteiger partial charge is 0.241 e. The van der Waals surface area contributed by atoms with E-state index in [4.69, 9.17) is 9.84 Å². The fraction of sp³-hybridized carbons (Fsp3) is 0.467. The molecule has 2 rings (SSSR count). The van der Waals surface area contributed by atoms with Gasteiger partial charge >= 0.3 is 0 Å². The lowest BCUT2D eigenvalue weighted by molar-refractivity contribution is 0.178. The van der Waals surface area contributed by atoms with E-state index in [1.54, 1.807) is 18.2 Å². The molecule has 2 N–H and O–H groups in total. The number of ether oxygens (including phenoxy) is 1. The number of sulfonamides is 1. The molecule has 1 atom stereocenters. The number of rotatable bonds is 4. The first-order valence-corrected chi connectivity index (χ1v) is 8.25. The van der Waals surface area contributed by atoms with Crippen LogP contribution in [0.1, 0.15) is 25.3 Å². The molecule has 1 heterocycles. The molecule has 0 bridgehead atoms. The van der Waals surface area contributed by atoms with Crippen LogP contribution in [0.25, 0.3) is 0 Å². The molecule has 0 saturated carbocycles. The van der Waals surface area contributed by atoms with Gasteiger partial charge in [-0.3, -0.25) is 0 Å². The number of hydrogen-bond acceptors (Lipinski definition) is 4. The van der Waals surface area contributed by atoms with E-state index in [9.17, 15) is 8.42 Å². The van der Waals surface area contributed by atoms with Gasteiger partial charge in [-0.2, -0.15) is 0 Å². The largest absolute Gasteiger partial charge is 0.395 e. The zero-order valence-electron chi connectivity index (χ0n) is 11.9. The van der Waals surface area contributed by atoms with Crippen molar-refractivity contribution >= 4 is 10.0 Å². The zero-order valence-corrected chi connectivity index (χ0v) is 12.7. The minimum absolute atomic E-state index is 0.00903. The molecule has 114 valence electrons. The van der Waals surface area contributed by atoms with Crippen LogP contribution in [0.15, 0.2) is 29.2 Å². The van der Waals surface area contributed by atoms with Crippen molar-refractivity contribution in [1.82, 2.24) is 4.72 Å². The first kappa shape index (κ1) is 16.0. The molecule has 1 fully saturated rings. The monoisotopic (exact) mass is 309 g/mol. The topological polar surface area (TPSA) is 75.6 Å². The van der Waals surface area contributed by atoms with Crippen molar-refractivity contribution in [3.05, 3.63) is 29.8 Å². The fourth-order valence-electron chi connectivity index (χ4n) is 2.09. The maximum absolute atomic E-state index is 12.4. The minimum atomic E-state index is -3.60. The van der Waals surface area contributed by atoms with Crippen molar-refractivity contribution in [2.24, 2.45) is 0 Å². The first-order chi connectivity index (χ1) is 9.95. The van der Waals surface area contributed by atoms with Crippen LogP contribution in [0.2, 0.25) is 0 Å². The molecular weight excluding hydrogens is 290 g/mol. The summed E-state index contributed by atoms with van der Waals surface area (Å²) in [7, 11) is -3.60. The highest BCUT2D eigenvalue weighted by molar-refractivity contribution is 7.89. The van der Waals surface area contributed by atoms with Gasteiger partial charge in [-0.25, -0.2) is 13.1 Å². The van der Waals surface area contributed by atoms with E-state index >= 15 is 0 Å². The van der Waals surface area contributed by atoms with Crippen LogP contribution in [0, 0.1) is 11.8 Å². The Morgan fingerprint density at radius 3 is 2.95 bits per heavy atom. The molecule has 1 aromatic carbocycles. The predicted octanol–water partition coefficient (Wildman–Crippen LogP) is 0.878. The van der Waals surface area contributed by atoms with E-state index in [2.05, 4.69) is 16.6 Å². The Balaban J connectivity index is 2.20. The van der Waals surface area contributed by atoms with Gasteiger partial charge in [0.15, 0.2) is 0 Å². The Morgan fingerprint density at radius 2 is 2.29 bits per heavy atom. The minimum Gasteiger partial charge on any atom is -0.395 e. The second kappa shape index (κ2) is 6.58. The Kier molecular flexibility index (Phi) is 5.01. The zero-order chi connectivity index (χ0) is 15.3. The Bertz CT molecular complexity index is 652. The number of aliphatic hydroxyl groups excluding tert-OH is 1. The number of hydrogen-bond donors (Lipinski definition) is 2. The molecule has 0 spiro atoms. The molecule has 21 heavy (non-hydrogen) atoms. The van der Waals surface area contributed by atoms with Crippen LogP contribution in [-0.4, -0.2) is 38.9 Å². The van der Waals surface area contributed by atoms with E-state index in [-0.39, 0.29) is 11.5 Å². The second-order valence-electron chi connectivity index (χ2n) is 5.27. The second-order valence-corrected chi connectivity index (χ2v) is 6.95. The Hall–Kier alpha value is -1.39. The van der Waals surface area contributed by atoms with Gasteiger partial charge in [-0.15, -0.1) is 0 Å². The summed E-state index contributed by atoms with van der Waals surface area (Å²) < 4.78 is 32.8. The van der Waals surface area contributed by atoms with Crippen molar-refractivity contribution in [3.8, 4) is 11.8 Å². The summed E-state index contributed by atoms with van der Waals surface area (Å²) in [5.74, 6) is 5.61. The average Bonchev–Trinajstić information content (AvgIpc) is 2.85. The van der Waals surface area contributed by atoms with Gasteiger partial charge in [0.25, 0.3) is 0 Å². The third-order valence-electron chi connectivity index (χ3n) is 3.21. The van der Waals surface area contributed by atoms with Crippen molar-refractivity contribution in [3.63, 3.8) is 0 Å². The maximum Gasteiger partial charge on any atom is 0.241 e. The third kappa shape index (κ3) is 4.29. The first-order valence-electron chi connectivity index (χ1n) is 6.77. The van der Waals surface area contributed by atoms with Gasteiger partial charge in [0, 0.05) is 18.6 Å². The molecule has 1 saturated heterocycles. The summed E-state index contributed by atoms with van der Waals surface area (Å²) in [4.78, 5) is 0.187. The lowest BCUT2D eigenvalue weighted by atomic mass is 10.0. The molecule has 0 radical (unpaired) electrons. The van der Waals surface area contributed by atoms with Crippen LogP contribution in [-0.2, 0) is 14.8 Å². The number of benzene rings is 1. The Labute approximate surface area is 125 Å². The van der Waals surface area contributed by atoms with E-state index in [1.807, 2.05) is 6.92 Å². The molecule has 5 nitrogen and oxygen atoms in total. The van der Waals surface area contributed by atoms with Crippen LogP contribution >= 0.6 is 0 Å². The maximum atomic E-state index is 12.4. The highest BCUT2D eigenvalue weighted by Crippen LogP contribution is 2.21. The molecule has 0 aromatic heterocycles. The van der Waals surface area contributed by atoms with Crippen LogP contribution in [0.3, 0.4) is 0 Å². The normalized spacial score (nSPS) is 21.8. The van der Waals surface area contributed by atoms with Gasteiger partial charge in [0.05, 0.1) is 23.6 Å².